The van der Waals surface area contributed by atoms with E-state index in [-0.39, 0.29) is 17.3 Å². The van der Waals surface area contributed by atoms with Gasteiger partial charge in [-0.1, -0.05) is 41.9 Å². The first-order chi connectivity index (χ1) is 16.0. The Morgan fingerprint density at radius 3 is 2.55 bits per heavy atom. The van der Waals surface area contributed by atoms with Crippen LogP contribution in [0.1, 0.15) is 11.1 Å². The van der Waals surface area contributed by atoms with Crippen molar-refractivity contribution in [3.05, 3.63) is 105 Å². The highest BCUT2D eigenvalue weighted by atomic mass is 35.5. The van der Waals surface area contributed by atoms with Crippen molar-refractivity contribution < 1.29 is 9.72 Å². The van der Waals surface area contributed by atoms with Crippen LogP contribution in [-0.4, -0.2) is 27.4 Å². The van der Waals surface area contributed by atoms with Gasteiger partial charge >= 0.3 is 0 Å². The molecule has 0 radical (unpaired) electrons. The molecule has 1 N–H and O–H groups in total. The van der Waals surface area contributed by atoms with Crippen LogP contribution in [0.2, 0.25) is 5.02 Å². The van der Waals surface area contributed by atoms with E-state index < -0.39 is 4.92 Å². The molecule has 0 atom stereocenters. The van der Waals surface area contributed by atoms with E-state index in [1.807, 2.05) is 42.6 Å². The topological polar surface area (TPSA) is 89.5 Å². The maximum Gasteiger partial charge on any atom is 0.269 e. The Labute approximate surface area is 199 Å². The molecule has 4 aromatic rings. The lowest BCUT2D eigenvalue weighted by Gasteiger charge is -2.05. The molecular weight excluding hydrogens is 460 g/mol. The van der Waals surface area contributed by atoms with Crippen LogP contribution in [0.3, 0.4) is 0 Å². The van der Waals surface area contributed by atoms with Gasteiger partial charge in [0.05, 0.1) is 16.9 Å². The predicted molar refractivity (Wildman–Crippen MR) is 132 cm³/mol. The molecule has 0 spiro atoms. The third-order valence-electron chi connectivity index (χ3n) is 4.90. The van der Waals surface area contributed by atoms with Crippen molar-refractivity contribution >= 4 is 52.1 Å². The molecule has 1 heterocycles. The Bertz CT molecular complexity index is 1320. The molecule has 4 rings (SSSR count). The second-order valence-corrected chi connectivity index (χ2v) is 8.67. The number of halogens is 1. The summed E-state index contributed by atoms with van der Waals surface area (Å²) in [4.78, 5) is 23.5. The van der Waals surface area contributed by atoms with Gasteiger partial charge in [-0.25, -0.2) is 5.43 Å². The van der Waals surface area contributed by atoms with E-state index in [0.29, 0.717) is 11.6 Å². The molecule has 1 aromatic heterocycles. The number of hydrogen-bond donors (Lipinski definition) is 1. The Balaban J connectivity index is 1.43. The van der Waals surface area contributed by atoms with E-state index in [1.54, 1.807) is 30.5 Å². The van der Waals surface area contributed by atoms with Crippen molar-refractivity contribution in [3.8, 4) is 0 Å². The van der Waals surface area contributed by atoms with E-state index in [9.17, 15) is 14.9 Å². The monoisotopic (exact) mass is 478 g/mol. The molecule has 0 aliphatic rings. The highest BCUT2D eigenvalue weighted by Crippen LogP contribution is 2.22. The van der Waals surface area contributed by atoms with E-state index in [4.69, 9.17) is 11.6 Å². The first kappa shape index (κ1) is 22.6. The average Bonchev–Trinajstić information content (AvgIpc) is 3.16. The lowest BCUT2D eigenvalue weighted by molar-refractivity contribution is -0.384. The zero-order chi connectivity index (χ0) is 23.2. The van der Waals surface area contributed by atoms with Crippen LogP contribution in [0.5, 0.6) is 0 Å². The Morgan fingerprint density at radius 1 is 1.09 bits per heavy atom. The summed E-state index contributed by atoms with van der Waals surface area (Å²) < 4.78 is 2.05. The highest BCUT2D eigenvalue weighted by Gasteiger charge is 2.09. The second-order valence-electron chi connectivity index (χ2n) is 7.19. The number of nitro benzene ring substituents is 1. The Morgan fingerprint density at radius 2 is 1.82 bits per heavy atom. The average molecular weight is 479 g/mol. The minimum atomic E-state index is -0.411. The number of carbonyl (C=O) groups excluding carboxylic acids is 1. The smallest absolute Gasteiger partial charge is 0.269 e. The van der Waals surface area contributed by atoms with Crippen LogP contribution in [0, 0.1) is 10.1 Å². The van der Waals surface area contributed by atoms with Crippen LogP contribution in [-0.2, 0) is 11.3 Å². The number of nitrogens with one attached hydrogen (secondary N) is 1. The maximum absolute atomic E-state index is 12.1. The maximum atomic E-state index is 12.1. The fourth-order valence-corrected chi connectivity index (χ4v) is 4.13. The molecule has 0 aliphatic carbocycles. The van der Waals surface area contributed by atoms with Crippen molar-refractivity contribution in [2.45, 2.75) is 11.4 Å². The van der Waals surface area contributed by atoms with Crippen LogP contribution >= 0.6 is 23.4 Å². The Kier molecular flexibility index (Phi) is 7.07. The molecule has 33 heavy (non-hydrogen) atoms. The van der Waals surface area contributed by atoms with Gasteiger partial charge in [0.15, 0.2) is 0 Å². The van der Waals surface area contributed by atoms with Crippen molar-refractivity contribution in [2.24, 2.45) is 5.10 Å². The number of hydrazone groups is 1. The minimum Gasteiger partial charge on any atom is -0.342 e. The van der Waals surface area contributed by atoms with Gasteiger partial charge in [-0.2, -0.15) is 5.10 Å². The molecule has 0 aliphatic heterocycles. The molecule has 1 amide bonds. The fourth-order valence-electron chi connectivity index (χ4n) is 3.31. The van der Waals surface area contributed by atoms with Gasteiger partial charge in [0.1, 0.15) is 0 Å². The second kappa shape index (κ2) is 10.3. The number of amides is 1. The first-order valence-electron chi connectivity index (χ1n) is 10.0. The number of aromatic nitrogens is 1. The number of nitrogens with zero attached hydrogens (tertiary/aromatic N) is 3. The van der Waals surface area contributed by atoms with Gasteiger partial charge in [-0.05, 0) is 35.9 Å². The summed E-state index contributed by atoms with van der Waals surface area (Å²) in [5.74, 6) is 0.0294. The number of carbonyl (C=O) groups is 1. The van der Waals surface area contributed by atoms with Gasteiger partial charge in [-0.15, -0.1) is 11.8 Å². The summed E-state index contributed by atoms with van der Waals surface area (Å²) in [5, 5.41) is 16.6. The SMILES string of the molecule is O=C(CSc1ccc(Cl)cc1)N/N=C\c1cn(Cc2ccc([N+](=O)[O-])cc2)c2ccccc12. The molecule has 0 bridgehead atoms. The number of non-ortho nitro benzene ring substituents is 1. The molecule has 3 aromatic carbocycles. The van der Waals surface area contributed by atoms with Crippen LogP contribution < -0.4 is 5.43 Å². The van der Waals surface area contributed by atoms with Crippen LogP contribution in [0.25, 0.3) is 10.9 Å². The summed E-state index contributed by atoms with van der Waals surface area (Å²) in [6, 6.07) is 21.7. The number of hydrogen-bond acceptors (Lipinski definition) is 5. The van der Waals surface area contributed by atoms with E-state index in [2.05, 4.69) is 15.1 Å². The van der Waals surface area contributed by atoms with E-state index >= 15 is 0 Å². The fraction of sp³-hybridized carbons (Fsp3) is 0.0833. The number of benzene rings is 3. The number of fused-ring (bicyclic) bond motifs is 1. The third-order valence-corrected chi connectivity index (χ3v) is 6.16. The number of para-hydroxylation sites is 1. The standard InChI is InChI=1S/C24H19ClN4O3S/c25-19-7-11-21(12-8-19)33-16-24(30)27-26-13-18-15-28(23-4-2-1-3-22(18)23)14-17-5-9-20(10-6-17)29(31)32/h1-13,15H,14,16H2,(H,27,30)/b26-13-. The number of rotatable bonds is 8. The van der Waals surface area contributed by atoms with Crippen LogP contribution in [0.4, 0.5) is 5.69 Å². The van der Waals surface area contributed by atoms with Gasteiger partial charge in [0.2, 0.25) is 5.91 Å². The van der Waals surface area contributed by atoms with Gasteiger partial charge < -0.3 is 4.57 Å². The molecule has 0 unspecified atom stereocenters. The van der Waals surface area contributed by atoms with Crippen molar-refractivity contribution in [3.63, 3.8) is 0 Å². The lowest BCUT2D eigenvalue weighted by Crippen LogP contribution is -2.19. The zero-order valence-corrected chi connectivity index (χ0v) is 18.9. The summed E-state index contributed by atoms with van der Waals surface area (Å²) in [6.07, 6.45) is 3.57. The van der Waals surface area contributed by atoms with E-state index in [1.165, 1.54) is 23.9 Å². The van der Waals surface area contributed by atoms with Gasteiger partial charge in [-0.3, -0.25) is 14.9 Å². The molecular formula is C24H19ClN4O3S. The van der Waals surface area contributed by atoms with Gasteiger partial charge in [0, 0.05) is 51.3 Å². The number of thioether (sulfide) groups is 1. The summed E-state index contributed by atoms with van der Waals surface area (Å²) in [7, 11) is 0. The van der Waals surface area contributed by atoms with E-state index in [0.717, 1.165) is 26.9 Å². The summed E-state index contributed by atoms with van der Waals surface area (Å²) in [6.45, 7) is 0.552. The molecule has 9 heteroatoms. The van der Waals surface area contributed by atoms with Crippen molar-refractivity contribution in [1.29, 1.82) is 0 Å². The van der Waals surface area contributed by atoms with Crippen molar-refractivity contribution in [1.82, 2.24) is 9.99 Å². The number of nitro groups is 1. The molecule has 0 saturated heterocycles. The minimum absolute atomic E-state index is 0.0638. The summed E-state index contributed by atoms with van der Waals surface area (Å²) in [5.41, 5.74) is 5.43. The quantitative estimate of drug-likeness (QED) is 0.157. The van der Waals surface area contributed by atoms with Gasteiger partial charge in [0.25, 0.3) is 5.69 Å². The molecule has 7 nitrogen and oxygen atoms in total. The van der Waals surface area contributed by atoms with Crippen LogP contribution in [0.15, 0.2) is 89.0 Å². The highest BCUT2D eigenvalue weighted by molar-refractivity contribution is 8.00. The zero-order valence-electron chi connectivity index (χ0n) is 17.3. The normalized spacial score (nSPS) is 11.2. The Hall–Kier alpha value is -3.62. The largest absolute Gasteiger partial charge is 0.342 e. The first-order valence-corrected chi connectivity index (χ1v) is 11.4. The molecule has 166 valence electrons. The summed E-state index contributed by atoms with van der Waals surface area (Å²) >= 11 is 7.28. The predicted octanol–water partition coefficient (Wildman–Crippen LogP) is 5.49. The lowest BCUT2D eigenvalue weighted by atomic mass is 10.2. The molecule has 0 saturated carbocycles. The third kappa shape index (κ3) is 5.79. The van der Waals surface area contributed by atoms with Crippen molar-refractivity contribution in [2.75, 3.05) is 5.75 Å². The molecule has 0 fully saturated rings.